The molecule has 2 aromatic rings. The number of benzene rings is 1. The molecule has 4 rings (SSSR count). The predicted molar refractivity (Wildman–Crippen MR) is 94.3 cm³/mol. The molecule has 1 saturated carbocycles. The van der Waals surface area contributed by atoms with E-state index in [9.17, 15) is 4.79 Å². The third kappa shape index (κ3) is 3.16. The van der Waals surface area contributed by atoms with Gasteiger partial charge in [-0.05, 0) is 50.3 Å². The second-order valence-electron chi connectivity index (χ2n) is 7.01. The maximum atomic E-state index is 12.6. The van der Waals surface area contributed by atoms with Crippen molar-refractivity contribution in [1.29, 1.82) is 0 Å². The van der Waals surface area contributed by atoms with Crippen molar-refractivity contribution in [2.45, 2.75) is 44.6 Å². The first-order valence-corrected chi connectivity index (χ1v) is 8.87. The van der Waals surface area contributed by atoms with Crippen LogP contribution in [0.25, 0.3) is 0 Å². The predicted octanol–water partition coefficient (Wildman–Crippen LogP) is 3.31. The second-order valence-corrected chi connectivity index (χ2v) is 7.01. The summed E-state index contributed by atoms with van der Waals surface area (Å²) in [5.41, 5.74) is 4.15. The summed E-state index contributed by atoms with van der Waals surface area (Å²) in [6, 6.07) is 10.7. The smallest absolute Gasteiger partial charge is 0.274 e. The second kappa shape index (κ2) is 6.30. The molecular weight excluding hydrogens is 300 g/mol. The number of aromatic nitrogens is 2. The zero-order valence-corrected chi connectivity index (χ0v) is 14.1. The Kier molecular flexibility index (Phi) is 4.00. The normalized spacial score (nSPS) is 18.6. The van der Waals surface area contributed by atoms with E-state index in [2.05, 4.69) is 46.7 Å². The van der Waals surface area contributed by atoms with Gasteiger partial charge in [-0.15, -0.1) is 0 Å². The summed E-state index contributed by atoms with van der Waals surface area (Å²) >= 11 is 0. The highest BCUT2D eigenvalue weighted by Gasteiger charge is 2.29. The highest BCUT2D eigenvalue weighted by atomic mass is 16.2. The number of hydrogen-bond donors (Lipinski definition) is 2. The summed E-state index contributed by atoms with van der Waals surface area (Å²) in [5, 5.41) is 10.9. The van der Waals surface area contributed by atoms with E-state index in [0.29, 0.717) is 17.7 Å². The van der Waals surface area contributed by atoms with Crippen molar-refractivity contribution in [2.75, 3.05) is 18.4 Å². The fourth-order valence-corrected chi connectivity index (χ4v) is 3.39. The Morgan fingerprint density at radius 3 is 2.67 bits per heavy atom. The van der Waals surface area contributed by atoms with Crippen LogP contribution in [-0.2, 0) is 0 Å². The van der Waals surface area contributed by atoms with Crippen molar-refractivity contribution >= 4 is 11.6 Å². The molecule has 0 unspecified atom stereocenters. The van der Waals surface area contributed by atoms with Crippen molar-refractivity contribution in [2.24, 2.45) is 0 Å². The van der Waals surface area contributed by atoms with Gasteiger partial charge in [0.25, 0.3) is 5.91 Å². The number of likely N-dealkylation sites (tertiary alicyclic amines) is 1. The molecule has 1 aromatic heterocycles. The van der Waals surface area contributed by atoms with Crippen molar-refractivity contribution in [3.8, 4) is 0 Å². The summed E-state index contributed by atoms with van der Waals surface area (Å²) in [6.07, 6.45) is 4.37. The summed E-state index contributed by atoms with van der Waals surface area (Å²) in [4.78, 5) is 14.5. The number of aryl methyl sites for hydroxylation is 1. The van der Waals surface area contributed by atoms with Gasteiger partial charge in [0, 0.05) is 36.4 Å². The van der Waals surface area contributed by atoms with Gasteiger partial charge in [0.05, 0.1) is 0 Å². The van der Waals surface area contributed by atoms with Crippen LogP contribution in [-0.4, -0.2) is 40.1 Å². The molecule has 2 heterocycles. The van der Waals surface area contributed by atoms with E-state index >= 15 is 0 Å². The van der Waals surface area contributed by atoms with Gasteiger partial charge in [0.15, 0.2) is 0 Å². The number of anilines is 1. The maximum absolute atomic E-state index is 12.6. The largest absolute Gasteiger partial charge is 0.382 e. The molecule has 1 aromatic carbocycles. The quantitative estimate of drug-likeness (QED) is 0.907. The van der Waals surface area contributed by atoms with Crippen LogP contribution >= 0.6 is 0 Å². The molecule has 5 heteroatoms. The molecule has 1 saturated heterocycles. The lowest BCUT2D eigenvalue weighted by molar-refractivity contribution is 0.0712. The van der Waals surface area contributed by atoms with Gasteiger partial charge < -0.3 is 10.2 Å². The van der Waals surface area contributed by atoms with Crippen molar-refractivity contribution < 1.29 is 4.79 Å². The van der Waals surface area contributed by atoms with E-state index in [1.165, 1.54) is 24.1 Å². The first-order chi connectivity index (χ1) is 11.7. The first-order valence-electron chi connectivity index (χ1n) is 8.87. The van der Waals surface area contributed by atoms with Gasteiger partial charge in [0.2, 0.25) is 0 Å². The number of amides is 1. The van der Waals surface area contributed by atoms with Crippen LogP contribution in [0.3, 0.4) is 0 Å². The van der Waals surface area contributed by atoms with Crippen LogP contribution in [0.5, 0.6) is 0 Å². The third-order valence-electron chi connectivity index (χ3n) is 5.12. The highest BCUT2D eigenvalue weighted by molar-refractivity contribution is 5.92. The van der Waals surface area contributed by atoms with Crippen molar-refractivity contribution in [1.82, 2.24) is 15.1 Å². The monoisotopic (exact) mass is 324 g/mol. The fourth-order valence-electron chi connectivity index (χ4n) is 3.39. The Hall–Kier alpha value is -2.30. The molecule has 0 atom stereocenters. The Labute approximate surface area is 142 Å². The standard InChI is InChI=1S/C19H24N4O/c1-13-4-2-3-5-16(13)20-15-8-10-23(11-9-15)19(24)18-12-17(21-22-18)14-6-7-14/h2-5,12,14-15,20H,6-11H2,1H3,(H,21,22). The minimum atomic E-state index is 0.0625. The molecule has 1 amide bonds. The van der Waals surface area contributed by atoms with Gasteiger partial charge in [-0.2, -0.15) is 5.10 Å². The number of H-pyrrole nitrogens is 1. The number of aromatic amines is 1. The van der Waals surface area contributed by atoms with Crippen molar-refractivity contribution in [3.63, 3.8) is 0 Å². The molecule has 1 aliphatic heterocycles. The summed E-state index contributed by atoms with van der Waals surface area (Å²) in [5.74, 6) is 0.663. The van der Waals surface area contributed by atoms with Crippen LogP contribution in [0.4, 0.5) is 5.69 Å². The number of para-hydroxylation sites is 1. The summed E-state index contributed by atoms with van der Waals surface area (Å²) in [7, 11) is 0. The molecule has 0 radical (unpaired) electrons. The summed E-state index contributed by atoms with van der Waals surface area (Å²) < 4.78 is 0. The van der Waals surface area contributed by atoms with Crippen LogP contribution in [0.1, 0.15) is 53.3 Å². The number of rotatable bonds is 4. The van der Waals surface area contributed by atoms with E-state index in [-0.39, 0.29) is 5.91 Å². The molecule has 1 aliphatic carbocycles. The lowest BCUT2D eigenvalue weighted by Crippen LogP contribution is -2.42. The maximum Gasteiger partial charge on any atom is 0.274 e. The third-order valence-corrected chi connectivity index (χ3v) is 5.12. The number of hydrogen-bond acceptors (Lipinski definition) is 3. The molecule has 2 aliphatic rings. The zero-order chi connectivity index (χ0) is 16.5. The SMILES string of the molecule is Cc1ccccc1NC1CCN(C(=O)c2cc(C3CC3)[nH]n2)CC1. The van der Waals surface area contributed by atoms with Crippen LogP contribution < -0.4 is 5.32 Å². The molecule has 126 valence electrons. The average Bonchev–Trinajstić information content (AvgIpc) is 3.34. The van der Waals surface area contributed by atoms with Gasteiger partial charge in [0.1, 0.15) is 5.69 Å². The van der Waals surface area contributed by atoms with Crippen LogP contribution in [0, 0.1) is 6.92 Å². The van der Waals surface area contributed by atoms with E-state index < -0.39 is 0 Å². The average molecular weight is 324 g/mol. The van der Waals surface area contributed by atoms with Gasteiger partial charge >= 0.3 is 0 Å². The molecule has 2 fully saturated rings. The topological polar surface area (TPSA) is 61.0 Å². The highest BCUT2D eigenvalue weighted by Crippen LogP contribution is 2.39. The van der Waals surface area contributed by atoms with Gasteiger partial charge in [-0.3, -0.25) is 9.89 Å². The number of carbonyl (C=O) groups excluding carboxylic acids is 1. The summed E-state index contributed by atoms with van der Waals surface area (Å²) in [6.45, 7) is 3.69. The molecule has 24 heavy (non-hydrogen) atoms. The lowest BCUT2D eigenvalue weighted by Gasteiger charge is -2.32. The van der Waals surface area contributed by atoms with Crippen LogP contribution in [0.15, 0.2) is 30.3 Å². The molecular formula is C19H24N4O. The van der Waals surface area contributed by atoms with Crippen molar-refractivity contribution in [3.05, 3.63) is 47.3 Å². The van der Waals surface area contributed by atoms with E-state index in [0.717, 1.165) is 31.6 Å². The molecule has 0 bridgehead atoms. The van der Waals surface area contributed by atoms with E-state index in [1.54, 1.807) is 0 Å². The van der Waals surface area contributed by atoms with Crippen LogP contribution in [0.2, 0.25) is 0 Å². The number of nitrogens with zero attached hydrogens (tertiary/aromatic N) is 2. The number of piperidine rings is 1. The molecule has 2 N–H and O–H groups in total. The number of carbonyl (C=O) groups is 1. The fraction of sp³-hybridized carbons (Fsp3) is 0.474. The Morgan fingerprint density at radius 1 is 1.21 bits per heavy atom. The van der Waals surface area contributed by atoms with Gasteiger partial charge in [-0.25, -0.2) is 0 Å². The lowest BCUT2D eigenvalue weighted by atomic mass is 10.0. The first kappa shape index (κ1) is 15.2. The number of nitrogens with one attached hydrogen (secondary N) is 2. The Bertz CT molecular complexity index is 726. The van der Waals surface area contributed by atoms with E-state index in [4.69, 9.17) is 0 Å². The van der Waals surface area contributed by atoms with E-state index in [1.807, 2.05) is 11.0 Å². The minimum absolute atomic E-state index is 0.0625. The Balaban J connectivity index is 1.33. The minimum Gasteiger partial charge on any atom is -0.382 e. The Morgan fingerprint density at radius 2 is 1.96 bits per heavy atom. The zero-order valence-electron chi connectivity index (χ0n) is 14.1. The molecule has 5 nitrogen and oxygen atoms in total. The van der Waals surface area contributed by atoms with Gasteiger partial charge in [-0.1, -0.05) is 18.2 Å². The molecule has 0 spiro atoms.